The van der Waals surface area contributed by atoms with Crippen molar-refractivity contribution in [1.29, 1.82) is 0 Å². The number of hydrogen-bond acceptors (Lipinski definition) is 2. The Morgan fingerprint density at radius 3 is 2.62 bits per heavy atom. The normalized spacial score (nSPS) is 17.0. The number of carbonyl (C=O) groups excluding carboxylic acids is 1. The van der Waals surface area contributed by atoms with E-state index in [2.05, 4.69) is 0 Å². The summed E-state index contributed by atoms with van der Waals surface area (Å²) in [6, 6.07) is 3.63. The molecular formula is C16H22F2N2O. The van der Waals surface area contributed by atoms with Crippen molar-refractivity contribution in [1.82, 2.24) is 4.90 Å². The number of benzene rings is 1. The molecule has 2 rings (SSSR count). The Hall–Kier alpha value is -1.49. The summed E-state index contributed by atoms with van der Waals surface area (Å²) in [7, 11) is 0. The SMILES string of the molecule is CC(CN)C(=O)N(Cc1ccc(F)cc1F)C1CCCC1. The molecule has 1 aliphatic carbocycles. The summed E-state index contributed by atoms with van der Waals surface area (Å²) in [5.74, 6) is -1.54. The van der Waals surface area contributed by atoms with Crippen LogP contribution in [0.1, 0.15) is 38.2 Å². The maximum atomic E-state index is 13.8. The van der Waals surface area contributed by atoms with Crippen LogP contribution in [0.3, 0.4) is 0 Å². The number of halogens is 2. The maximum absolute atomic E-state index is 13.8. The van der Waals surface area contributed by atoms with Gasteiger partial charge in [0.05, 0.1) is 0 Å². The number of nitrogens with two attached hydrogens (primary N) is 1. The molecule has 116 valence electrons. The molecule has 1 unspecified atom stereocenters. The molecule has 3 nitrogen and oxygen atoms in total. The molecule has 0 radical (unpaired) electrons. The summed E-state index contributed by atoms with van der Waals surface area (Å²) < 4.78 is 26.8. The van der Waals surface area contributed by atoms with Gasteiger partial charge in [-0.1, -0.05) is 25.8 Å². The molecule has 1 aliphatic rings. The van der Waals surface area contributed by atoms with Gasteiger partial charge in [0, 0.05) is 36.7 Å². The van der Waals surface area contributed by atoms with Crippen LogP contribution in [0.4, 0.5) is 8.78 Å². The second-order valence-electron chi connectivity index (χ2n) is 5.78. The van der Waals surface area contributed by atoms with Crippen LogP contribution < -0.4 is 5.73 Å². The number of hydrogen-bond donors (Lipinski definition) is 1. The predicted molar refractivity (Wildman–Crippen MR) is 77.4 cm³/mol. The Kier molecular flexibility index (Phi) is 5.28. The van der Waals surface area contributed by atoms with Crippen molar-refractivity contribution in [3.63, 3.8) is 0 Å². The van der Waals surface area contributed by atoms with E-state index in [1.54, 1.807) is 11.8 Å². The van der Waals surface area contributed by atoms with E-state index in [-0.39, 0.29) is 31.0 Å². The summed E-state index contributed by atoms with van der Waals surface area (Å²) in [4.78, 5) is 14.2. The molecule has 0 saturated heterocycles. The second kappa shape index (κ2) is 6.98. The van der Waals surface area contributed by atoms with Crippen LogP contribution in [0.15, 0.2) is 18.2 Å². The van der Waals surface area contributed by atoms with Gasteiger partial charge in [0.15, 0.2) is 0 Å². The summed E-state index contributed by atoms with van der Waals surface area (Å²) in [5.41, 5.74) is 5.93. The number of nitrogens with zero attached hydrogens (tertiary/aromatic N) is 1. The molecule has 0 aromatic heterocycles. The molecule has 0 bridgehead atoms. The van der Waals surface area contributed by atoms with Gasteiger partial charge < -0.3 is 10.6 Å². The zero-order valence-electron chi connectivity index (χ0n) is 12.3. The van der Waals surface area contributed by atoms with Crippen LogP contribution in [-0.2, 0) is 11.3 Å². The first-order chi connectivity index (χ1) is 10.0. The molecular weight excluding hydrogens is 274 g/mol. The van der Waals surface area contributed by atoms with Crippen LogP contribution in [0.2, 0.25) is 0 Å². The molecule has 1 atom stereocenters. The molecule has 21 heavy (non-hydrogen) atoms. The van der Waals surface area contributed by atoms with Crippen LogP contribution in [0, 0.1) is 17.6 Å². The third-order valence-corrected chi connectivity index (χ3v) is 4.18. The van der Waals surface area contributed by atoms with Crippen molar-refractivity contribution in [3.8, 4) is 0 Å². The van der Waals surface area contributed by atoms with E-state index in [0.29, 0.717) is 5.56 Å². The van der Waals surface area contributed by atoms with Crippen LogP contribution in [0.25, 0.3) is 0 Å². The lowest BCUT2D eigenvalue weighted by Gasteiger charge is -2.31. The number of rotatable bonds is 5. The van der Waals surface area contributed by atoms with Gasteiger partial charge in [-0.2, -0.15) is 0 Å². The fraction of sp³-hybridized carbons (Fsp3) is 0.562. The van der Waals surface area contributed by atoms with Crippen molar-refractivity contribution < 1.29 is 13.6 Å². The van der Waals surface area contributed by atoms with E-state index < -0.39 is 11.6 Å². The van der Waals surface area contributed by atoms with E-state index in [4.69, 9.17) is 5.73 Å². The monoisotopic (exact) mass is 296 g/mol. The van der Waals surface area contributed by atoms with Gasteiger partial charge in [-0.05, 0) is 18.9 Å². The first-order valence-electron chi connectivity index (χ1n) is 7.47. The highest BCUT2D eigenvalue weighted by Crippen LogP contribution is 2.27. The van der Waals surface area contributed by atoms with Gasteiger partial charge in [0.1, 0.15) is 11.6 Å². The third-order valence-electron chi connectivity index (χ3n) is 4.18. The fourth-order valence-corrected chi connectivity index (χ4v) is 2.82. The van der Waals surface area contributed by atoms with Crippen molar-refractivity contribution in [2.24, 2.45) is 11.7 Å². The minimum Gasteiger partial charge on any atom is -0.335 e. The van der Waals surface area contributed by atoms with Gasteiger partial charge in [0.2, 0.25) is 5.91 Å². The molecule has 0 aliphatic heterocycles. The second-order valence-corrected chi connectivity index (χ2v) is 5.78. The van der Waals surface area contributed by atoms with Gasteiger partial charge in [0.25, 0.3) is 0 Å². The van der Waals surface area contributed by atoms with Crippen molar-refractivity contribution in [2.75, 3.05) is 6.54 Å². The molecule has 0 heterocycles. The van der Waals surface area contributed by atoms with Crippen molar-refractivity contribution in [3.05, 3.63) is 35.4 Å². The highest BCUT2D eigenvalue weighted by atomic mass is 19.1. The summed E-state index contributed by atoms with van der Waals surface area (Å²) in [5, 5.41) is 0. The Labute approximate surface area is 124 Å². The van der Waals surface area contributed by atoms with Crippen LogP contribution in [-0.4, -0.2) is 23.4 Å². The molecule has 1 aromatic rings. The number of carbonyl (C=O) groups is 1. The Morgan fingerprint density at radius 1 is 1.38 bits per heavy atom. The van der Waals surface area contributed by atoms with E-state index in [9.17, 15) is 13.6 Å². The molecule has 1 fully saturated rings. The lowest BCUT2D eigenvalue weighted by Crippen LogP contribution is -2.43. The lowest BCUT2D eigenvalue weighted by molar-refractivity contribution is -0.137. The minimum atomic E-state index is -0.606. The summed E-state index contributed by atoms with van der Waals surface area (Å²) >= 11 is 0. The van der Waals surface area contributed by atoms with E-state index in [1.165, 1.54) is 12.1 Å². The fourth-order valence-electron chi connectivity index (χ4n) is 2.82. The van der Waals surface area contributed by atoms with Crippen LogP contribution >= 0.6 is 0 Å². The standard InChI is InChI=1S/C16H22F2N2O/c1-11(9-19)16(21)20(14-4-2-3-5-14)10-12-6-7-13(17)8-15(12)18/h6-8,11,14H,2-5,9-10,19H2,1H3. The third kappa shape index (κ3) is 3.79. The molecule has 1 aromatic carbocycles. The van der Waals surface area contributed by atoms with E-state index >= 15 is 0 Å². The predicted octanol–water partition coefficient (Wildman–Crippen LogP) is 2.83. The van der Waals surface area contributed by atoms with Gasteiger partial charge in [-0.25, -0.2) is 8.78 Å². The zero-order valence-corrected chi connectivity index (χ0v) is 12.3. The first-order valence-corrected chi connectivity index (χ1v) is 7.47. The quantitative estimate of drug-likeness (QED) is 0.908. The Bertz CT molecular complexity index is 501. The van der Waals surface area contributed by atoms with E-state index in [0.717, 1.165) is 31.7 Å². The smallest absolute Gasteiger partial charge is 0.227 e. The molecule has 1 saturated carbocycles. The zero-order chi connectivity index (χ0) is 15.4. The molecule has 2 N–H and O–H groups in total. The van der Waals surface area contributed by atoms with E-state index in [1.807, 2.05) is 0 Å². The Balaban J connectivity index is 2.20. The maximum Gasteiger partial charge on any atom is 0.227 e. The van der Waals surface area contributed by atoms with Gasteiger partial charge in [-0.15, -0.1) is 0 Å². The first kappa shape index (κ1) is 15.9. The average Bonchev–Trinajstić information content (AvgIpc) is 2.99. The lowest BCUT2D eigenvalue weighted by atomic mass is 10.1. The van der Waals surface area contributed by atoms with Gasteiger partial charge >= 0.3 is 0 Å². The highest BCUT2D eigenvalue weighted by Gasteiger charge is 2.29. The molecule has 0 spiro atoms. The summed E-state index contributed by atoms with van der Waals surface area (Å²) in [6.07, 6.45) is 4.03. The average molecular weight is 296 g/mol. The highest BCUT2D eigenvalue weighted by molar-refractivity contribution is 5.79. The number of amides is 1. The largest absolute Gasteiger partial charge is 0.335 e. The topological polar surface area (TPSA) is 46.3 Å². The van der Waals surface area contributed by atoms with Crippen molar-refractivity contribution in [2.45, 2.75) is 45.2 Å². The summed E-state index contributed by atoms with van der Waals surface area (Å²) in [6.45, 7) is 2.24. The Morgan fingerprint density at radius 2 is 2.05 bits per heavy atom. The van der Waals surface area contributed by atoms with Crippen molar-refractivity contribution >= 4 is 5.91 Å². The molecule has 1 amide bonds. The van der Waals surface area contributed by atoms with Crippen LogP contribution in [0.5, 0.6) is 0 Å². The molecule has 5 heteroatoms. The van der Waals surface area contributed by atoms with Gasteiger partial charge in [-0.3, -0.25) is 4.79 Å². The minimum absolute atomic E-state index is 0.0480.